The van der Waals surface area contributed by atoms with Crippen molar-refractivity contribution in [2.24, 2.45) is 11.7 Å². The van der Waals surface area contributed by atoms with Gasteiger partial charge in [-0.2, -0.15) is 0 Å². The van der Waals surface area contributed by atoms with Gasteiger partial charge in [0.25, 0.3) is 0 Å². The maximum Gasteiger partial charge on any atom is 0.240 e. The molecule has 0 spiro atoms. The molecule has 1 saturated heterocycles. The van der Waals surface area contributed by atoms with Crippen molar-refractivity contribution < 1.29 is 9.59 Å². The van der Waals surface area contributed by atoms with Crippen molar-refractivity contribution in [3.63, 3.8) is 0 Å². The van der Waals surface area contributed by atoms with Crippen LogP contribution in [0.25, 0.3) is 10.9 Å². The summed E-state index contributed by atoms with van der Waals surface area (Å²) in [5.41, 5.74) is 7.49. The van der Waals surface area contributed by atoms with E-state index in [2.05, 4.69) is 15.6 Å². The number of fused-ring (bicyclic) bond motifs is 1. The number of primary amides is 1. The molecule has 122 valence electrons. The number of nitrogens with one attached hydrogen (secondary N) is 3. The van der Waals surface area contributed by atoms with Crippen LogP contribution in [0.4, 0.5) is 0 Å². The first-order valence-electron chi connectivity index (χ1n) is 8.00. The molecule has 0 unspecified atom stereocenters. The number of para-hydroxylation sites is 1. The van der Waals surface area contributed by atoms with Crippen molar-refractivity contribution in [3.05, 3.63) is 36.0 Å². The molecular weight excluding hydrogens is 292 g/mol. The summed E-state index contributed by atoms with van der Waals surface area (Å²) >= 11 is 0. The van der Waals surface area contributed by atoms with Gasteiger partial charge in [0, 0.05) is 29.4 Å². The number of carbonyl (C=O) groups excluding carboxylic acids is 2. The lowest BCUT2D eigenvalue weighted by atomic mass is 9.96. The minimum Gasteiger partial charge on any atom is -0.368 e. The van der Waals surface area contributed by atoms with E-state index in [-0.39, 0.29) is 11.8 Å². The monoisotopic (exact) mass is 314 g/mol. The molecule has 1 aliphatic heterocycles. The first kappa shape index (κ1) is 15.6. The molecule has 1 aromatic carbocycles. The van der Waals surface area contributed by atoms with Gasteiger partial charge in [-0.3, -0.25) is 9.59 Å². The Morgan fingerprint density at radius 2 is 2.00 bits per heavy atom. The molecule has 0 saturated carbocycles. The Labute approximate surface area is 134 Å². The lowest BCUT2D eigenvalue weighted by Crippen LogP contribution is -2.49. The molecule has 5 N–H and O–H groups in total. The molecular formula is C17H22N4O2. The molecule has 1 fully saturated rings. The van der Waals surface area contributed by atoms with Gasteiger partial charge in [-0.1, -0.05) is 18.2 Å². The molecule has 0 radical (unpaired) electrons. The van der Waals surface area contributed by atoms with E-state index in [1.54, 1.807) is 0 Å². The Hall–Kier alpha value is -2.34. The second-order valence-electron chi connectivity index (χ2n) is 6.05. The van der Waals surface area contributed by atoms with Crippen molar-refractivity contribution in [2.75, 3.05) is 13.1 Å². The highest BCUT2D eigenvalue weighted by Crippen LogP contribution is 2.19. The summed E-state index contributed by atoms with van der Waals surface area (Å²) in [4.78, 5) is 27.3. The van der Waals surface area contributed by atoms with Gasteiger partial charge in [0.05, 0.1) is 0 Å². The molecule has 0 bridgehead atoms. The number of hydrogen-bond acceptors (Lipinski definition) is 3. The molecule has 2 aromatic rings. The summed E-state index contributed by atoms with van der Waals surface area (Å²) in [6.45, 7) is 1.67. The van der Waals surface area contributed by atoms with Gasteiger partial charge in [-0.05, 0) is 37.6 Å². The highest BCUT2D eigenvalue weighted by molar-refractivity contribution is 5.89. The summed E-state index contributed by atoms with van der Waals surface area (Å²) in [6, 6.07) is 7.19. The predicted molar refractivity (Wildman–Crippen MR) is 88.7 cm³/mol. The van der Waals surface area contributed by atoms with Crippen LogP contribution in [0, 0.1) is 5.92 Å². The van der Waals surface area contributed by atoms with Crippen molar-refractivity contribution in [3.8, 4) is 0 Å². The number of amides is 2. The number of rotatable bonds is 5. The number of nitrogens with two attached hydrogens (primary N) is 1. The van der Waals surface area contributed by atoms with Crippen LogP contribution < -0.4 is 16.4 Å². The van der Waals surface area contributed by atoms with Crippen LogP contribution in [-0.2, 0) is 16.0 Å². The average Bonchev–Trinajstić information content (AvgIpc) is 2.98. The SMILES string of the molecule is NC(=O)[C@@H](Cc1c[nH]c2ccccc12)NC(=O)C1CCNCC1. The average molecular weight is 314 g/mol. The van der Waals surface area contributed by atoms with Gasteiger partial charge in [0.15, 0.2) is 0 Å². The molecule has 2 amide bonds. The Kier molecular flexibility index (Phi) is 4.62. The highest BCUT2D eigenvalue weighted by Gasteiger charge is 2.26. The van der Waals surface area contributed by atoms with Crippen LogP contribution in [0.5, 0.6) is 0 Å². The van der Waals surface area contributed by atoms with Gasteiger partial charge < -0.3 is 21.4 Å². The number of H-pyrrole nitrogens is 1. The Balaban J connectivity index is 1.71. The quantitative estimate of drug-likeness (QED) is 0.653. The van der Waals surface area contributed by atoms with E-state index in [0.29, 0.717) is 6.42 Å². The maximum atomic E-state index is 12.4. The lowest BCUT2D eigenvalue weighted by molar-refractivity contribution is -0.130. The zero-order valence-corrected chi connectivity index (χ0v) is 13.0. The van der Waals surface area contributed by atoms with Crippen molar-refractivity contribution in [1.82, 2.24) is 15.6 Å². The fourth-order valence-electron chi connectivity index (χ4n) is 3.12. The molecule has 6 heteroatoms. The number of piperidine rings is 1. The Bertz CT molecular complexity index is 703. The number of hydrogen-bond donors (Lipinski definition) is 4. The summed E-state index contributed by atoms with van der Waals surface area (Å²) in [7, 11) is 0. The molecule has 23 heavy (non-hydrogen) atoms. The van der Waals surface area contributed by atoms with E-state index in [0.717, 1.165) is 42.4 Å². The van der Waals surface area contributed by atoms with Gasteiger partial charge in [0.1, 0.15) is 6.04 Å². The summed E-state index contributed by atoms with van der Waals surface area (Å²) in [5, 5.41) is 7.11. The van der Waals surface area contributed by atoms with E-state index in [4.69, 9.17) is 5.73 Å². The normalized spacial score (nSPS) is 17.0. The minimum atomic E-state index is -0.684. The van der Waals surface area contributed by atoms with Gasteiger partial charge in [-0.25, -0.2) is 0 Å². The number of carbonyl (C=O) groups is 2. The second kappa shape index (κ2) is 6.83. The van der Waals surface area contributed by atoms with E-state index >= 15 is 0 Å². The van der Waals surface area contributed by atoms with Crippen LogP contribution in [0.3, 0.4) is 0 Å². The number of aromatic nitrogens is 1. The Morgan fingerprint density at radius 1 is 1.26 bits per heavy atom. The van der Waals surface area contributed by atoms with Crippen LogP contribution >= 0.6 is 0 Å². The van der Waals surface area contributed by atoms with Gasteiger partial charge >= 0.3 is 0 Å². The number of aromatic amines is 1. The van der Waals surface area contributed by atoms with Gasteiger partial charge in [0.2, 0.25) is 11.8 Å². The third-order valence-corrected chi connectivity index (χ3v) is 4.47. The first-order chi connectivity index (χ1) is 11.1. The van der Waals surface area contributed by atoms with Crippen LogP contribution in [0.15, 0.2) is 30.5 Å². The molecule has 6 nitrogen and oxygen atoms in total. The molecule has 0 aliphatic carbocycles. The first-order valence-corrected chi connectivity index (χ1v) is 8.00. The van der Waals surface area contributed by atoms with Crippen LogP contribution in [0.1, 0.15) is 18.4 Å². The van der Waals surface area contributed by atoms with E-state index in [9.17, 15) is 9.59 Å². The van der Waals surface area contributed by atoms with E-state index in [1.807, 2.05) is 30.5 Å². The third kappa shape index (κ3) is 3.53. The Morgan fingerprint density at radius 3 is 2.74 bits per heavy atom. The summed E-state index contributed by atoms with van der Waals surface area (Å²) in [6.07, 6.45) is 3.86. The summed E-state index contributed by atoms with van der Waals surface area (Å²) < 4.78 is 0. The molecule has 1 aliphatic rings. The molecule has 1 atom stereocenters. The minimum absolute atomic E-state index is 0.0407. The van der Waals surface area contributed by atoms with E-state index in [1.165, 1.54) is 0 Å². The molecule has 2 heterocycles. The number of benzene rings is 1. The zero-order valence-electron chi connectivity index (χ0n) is 13.0. The fraction of sp³-hybridized carbons (Fsp3) is 0.412. The van der Waals surface area contributed by atoms with Gasteiger partial charge in [-0.15, -0.1) is 0 Å². The van der Waals surface area contributed by atoms with Crippen molar-refractivity contribution in [2.45, 2.75) is 25.3 Å². The maximum absolute atomic E-state index is 12.4. The van der Waals surface area contributed by atoms with E-state index < -0.39 is 11.9 Å². The molecule has 3 rings (SSSR count). The topological polar surface area (TPSA) is 100 Å². The second-order valence-corrected chi connectivity index (χ2v) is 6.05. The highest BCUT2D eigenvalue weighted by atomic mass is 16.2. The smallest absolute Gasteiger partial charge is 0.240 e. The molecule has 1 aromatic heterocycles. The van der Waals surface area contributed by atoms with Crippen LogP contribution in [-0.4, -0.2) is 35.9 Å². The summed E-state index contributed by atoms with van der Waals surface area (Å²) in [5.74, 6) is -0.617. The largest absolute Gasteiger partial charge is 0.368 e. The predicted octanol–water partition coefficient (Wildman–Crippen LogP) is 0.680. The van der Waals surface area contributed by atoms with Crippen molar-refractivity contribution >= 4 is 22.7 Å². The zero-order chi connectivity index (χ0) is 16.2. The standard InChI is InChI=1S/C17H22N4O2/c18-16(22)15(21-17(23)11-5-7-19-8-6-11)9-12-10-20-14-4-2-1-3-13(12)14/h1-4,10-11,15,19-20H,5-9H2,(H2,18,22)(H,21,23)/t15-/m1/s1. The third-order valence-electron chi connectivity index (χ3n) is 4.47. The fourth-order valence-corrected chi connectivity index (χ4v) is 3.12. The van der Waals surface area contributed by atoms with Crippen LogP contribution in [0.2, 0.25) is 0 Å². The van der Waals surface area contributed by atoms with Crippen molar-refractivity contribution in [1.29, 1.82) is 0 Å². The lowest BCUT2D eigenvalue weighted by Gasteiger charge is -2.24.